The minimum atomic E-state index is -3.92. The number of hydrogen-bond donors (Lipinski definition) is 0. The monoisotopic (exact) mass is 663 g/mol. The maximum Gasteiger partial charge on any atom is 0.409 e. The van der Waals surface area contributed by atoms with Crippen molar-refractivity contribution in [1.29, 1.82) is 0 Å². The van der Waals surface area contributed by atoms with Crippen LogP contribution in [0.25, 0.3) is 21.2 Å². The van der Waals surface area contributed by atoms with Crippen LogP contribution in [0.1, 0.15) is 22.8 Å². The standard InChI is InChI=1S/C31H26FN5O7S2/c1-2-43-31(40)35-13-15-36(16-14-35)46(41,42)23-10-7-20(8-11-23)29(39)37(30-34-25-12-9-22(32)17-27(25)45-30)33-18-21-19-44-26-6-4-3-5-24(26)28(21)38/h3-12,17-19H,2,13-16H2,1H3/b33-18+. The first-order valence-corrected chi connectivity index (χ1v) is 16.4. The number of ether oxygens (including phenoxy) is 1. The van der Waals surface area contributed by atoms with Crippen LogP contribution in [0.3, 0.4) is 0 Å². The van der Waals surface area contributed by atoms with Gasteiger partial charge in [0.2, 0.25) is 20.6 Å². The van der Waals surface area contributed by atoms with E-state index in [1.54, 1.807) is 31.2 Å². The Morgan fingerprint density at radius 2 is 1.83 bits per heavy atom. The Kier molecular flexibility index (Phi) is 8.62. The molecular weight excluding hydrogens is 638 g/mol. The lowest BCUT2D eigenvalue weighted by molar-refractivity contribution is 0.0933. The predicted octanol–water partition coefficient (Wildman–Crippen LogP) is 4.69. The lowest BCUT2D eigenvalue weighted by Crippen LogP contribution is -2.50. The summed E-state index contributed by atoms with van der Waals surface area (Å²) in [6.45, 7) is 2.47. The highest BCUT2D eigenvalue weighted by Gasteiger charge is 2.31. The first-order chi connectivity index (χ1) is 22.2. The minimum Gasteiger partial charge on any atom is -0.463 e. The Labute approximate surface area is 266 Å². The zero-order valence-corrected chi connectivity index (χ0v) is 26.0. The summed E-state index contributed by atoms with van der Waals surface area (Å²) >= 11 is 1.01. The van der Waals surface area contributed by atoms with E-state index in [1.165, 1.54) is 64.1 Å². The van der Waals surface area contributed by atoms with Gasteiger partial charge in [0.25, 0.3) is 5.91 Å². The highest BCUT2D eigenvalue weighted by Crippen LogP contribution is 2.31. The number of aromatic nitrogens is 1. The third kappa shape index (κ3) is 6.11. The molecule has 6 rings (SSSR count). The molecule has 236 valence electrons. The fourth-order valence-corrected chi connectivity index (χ4v) is 7.20. The van der Waals surface area contributed by atoms with Crippen molar-refractivity contribution in [3.8, 4) is 0 Å². The quantitative estimate of drug-likeness (QED) is 0.180. The molecule has 0 radical (unpaired) electrons. The van der Waals surface area contributed by atoms with Gasteiger partial charge in [-0.3, -0.25) is 9.59 Å². The molecule has 2 aromatic heterocycles. The van der Waals surface area contributed by atoms with Gasteiger partial charge in [0.05, 0.1) is 38.9 Å². The minimum absolute atomic E-state index is 0.0343. The number of anilines is 1. The summed E-state index contributed by atoms with van der Waals surface area (Å²) in [7, 11) is -3.92. The van der Waals surface area contributed by atoms with Crippen LogP contribution in [-0.2, 0) is 14.8 Å². The molecule has 0 saturated carbocycles. The van der Waals surface area contributed by atoms with E-state index in [0.717, 1.165) is 16.3 Å². The van der Waals surface area contributed by atoms with Gasteiger partial charge in [-0.15, -0.1) is 0 Å². The second kappa shape index (κ2) is 12.8. The molecule has 12 nitrogen and oxygen atoms in total. The van der Waals surface area contributed by atoms with Gasteiger partial charge in [-0.2, -0.15) is 14.4 Å². The highest BCUT2D eigenvalue weighted by atomic mass is 32.2. The molecule has 1 fully saturated rings. The van der Waals surface area contributed by atoms with Crippen molar-refractivity contribution in [2.24, 2.45) is 5.10 Å². The van der Waals surface area contributed by atoms with E-state index in [-0.39, 0.29) is 59.4 Å². The molecule has 3 aromatic carbocycles. The molecule has 0 N–H and O–H groups in total. The molecule has 1 aliphatic heterocycles. The summed E-state index contributed by atoms with van der Waals surface area (Å²) in [4.78, 5) is 44.7. The van der Waals surface area contributed by atoms with Crippen molar-refractivity contribution in [3.05, 3.63) is 100 Å². The number of hydrazone groups is 1. The summed E-state index contributed by atoms with van der Waals surface area (Å²) in [5, 5.41) is 5.69. The maximum atomic E-state index is 13.9. The van der Waals surface area contributed by atoms with Gasteiger partial charge in [0.15, 0.2) is 0 Å². The van der Waals surface area contributed by atoms with Crippen LogP contribution in [0.5, 0.6) is 0 Å². The average Bonchev–Trinajstić information content (AvgIpc) is 3.49. The second-order valence-electron chi connectivity index (χ2n) is 10.1. The highest BCUT2D eigenvalue weighted by molar-refractivity contribution is 7.89. The van der Waals surface area contributed by atoms with Gasteiger partial charge in [0, 0.05) is 31.7 Å². The van der Waals surface area contributed by atoms with E-state index in [4.69, 9.17) is 9.15 Å². The van der Waals surface area contributed by atoms with Crippen LogP contribution in [0.2, 0.25) is 0 Å². The van der Waals surface area contributed by atoms with Crippen molar-refractivity contribution in [3.63, 3.8) is 0 Å². The van der Waals surface area contributed by atoms with E-state index in [0.29, 0.717) is 21.2 Å². The van der Waals surface area contributed by atoms with Gasteiger partial charge in [-0.25, -0.2) is 22.6 Å². The number of fused-ring (bicyclic) bond motifs is 2. The Hall–Kier alpha value is -4.99. The summed E-state index contributed by atoms with van der Waals surface area (Å²) < 4.78 is 52.9. The maximum absolute atomic E-state index is 13.9. The number of rotatable bonds is 7. The zero-order chi connectivity index (χ0) is 32.4. The van der Waals surface area contributed by atoms with E-state index in [1.807, 2.05) is 0 Å². The molecule has 15 heteroatoms. The number of amides is 2. The van der Waals surface area contributed by atoms with E-state index < -0.39 is 27.8 Å². The number of thiazole rings is 1. The number of hydrogen-bond acceptors (Lipinski definition) is 10. The Balaban J connectivity index is 1.28. The van der Waals surface area contributed by atoms with Gasteiger partial charge in [0.1, 0.15) is 17.7 Å². The first kappa shape index (κ1) is 31.0. The average molecular weight is 664 g/mol. The van der Waals surface area contributed by atoms with Crippen LogP contribution in [0.15, 0.2) is 92.2 Å². The van der Waals surface area contributed by atoms with Gasteiger partial charge < -0.3 is 14.1 Å². The SMILES string of the molecule is CCOC(=O)N1CCN(S(=O)(=O)c2ccc(C(=O)N(/N=C/c3coc4ccccc4c3=O)c3nc4ccc(F)cc4s3)cc2)CC1. The first-order valence-electron chi connectivity index (χ1n) is 14.1. The van der Waals surface area contributed by atoms with Crippen LogP contribution in [0, 0.1) is 5.82 Å². The summed E-state index contributed by atoms with van der Waals surface area (Å²) in [5.74, 6) is -1.15. The number of nitrogens with zero attached hydrogens (tertiary/aromatic N) is 5. The summed E-state index contributed by atoms with van der Waals surface area (Å²) in [6.07, 6.45) is 1.92. The summed E-state index contributed by atoms with van der Waals surface area (Å²) in [6, 6.07) is 16.0. The number of carbonyl (C=O) groups excluding carboxylic acids is 2. The predicted molar refractivity (Wildman–Crippen MR) is 170 cm³/mol. The normalized spacial score (nSPS) is 14.3. The molecule has 0 atom stereocenters. The lowest BCUT2D eigenvalue weighted by atomic mass is 10.2. The second-order valence-corrected chi connectivity index (χ2v) is 13.0. The number of para-hydroxylation sites is 1. The number of carbonyl (C=O) groups is 2. The molecule has 0 bridgehead atoms. The van der Waals surface area contributed by atoms with Crippen LogP contribution in [0.4, 0.5) is 14.3 Å². The van der Waals surface area contributed by atoms with Crippen LogP contribution < -0.4 is 10.4 Å². The molecule has 1 saturated heterocycles. The lowest BCUT2D eigenvalue weighted by Gasteiger charge is -2.33. The van der Waals surface area contributed by atoms with Crippen molar-refractivity contribution < 1.29 is 31.6 Å². The Morgan fingerprint density at radius 1 is 1.09 bits per heavy atom. The molecular formula is C31H26FN5O7S2. The molecule has 0 spiro atoms. The van der Waals surface area contributed by atoms with Gasteiger partial charge in [-0.1, -0.05) is 23.5 Å². The van der Waals surface area contributed by atoms with Gasteiger partial charge >= 0.3 is 6.09 Å². The molecule has 2 amide bonds. The van der Waals surface area contributed by atoms with Gasteiger partial charge in [-0.05, 0) is 61.5 Å². The fraction of sp³-hybridized carbons (Fsp3) is 0.194. The van der Waals surface area contributed by atoms with Crippen LogP contribution >= 0.6 is 11.3 Å². The van der Waals surface area contributed by atoms with Crippen molar-refractivity contribution in [2.75, 3.05) is 37.8 Å². The number of benzene rings is 3. The molecule has 46 heavy (non-hydrogen) atoms. The fourth-order valence-electron chi connectivity index (χ4n) is 4.83. The molecule has 0 aliphatic carbocycles. The Bertz CT molecular complexity index is 2140. The number of sulfonamides is 1. The smallest absolute Gasteiger partial charge is 0.409 e. The molecule has 1 aliphatic rings. The third-order valence-corrected chi connectivity index (χ3v) is 10.1. The topological polar surface area (TPSA) is 143 Å². The van der Waals surface area contributed by atoms with E-state index >= 15 is 0 Å². The van der Waals surface area contributed by atoms with E-state index in [9.17, 15) is 27.2 Å². The largest absolute Gasteiger partial charge is 0.463 e. The third-order valence-electron chi connectivity index (χ3n) is 7.24. The van der Waals surface area contributed by atoms with Crippen molar-refractivity contribution in [1.82, 2.24) is 14.2 Å². The van der Waals surface area contributed by atoms with E-state index in [2.05, 4.69) is 10.1 Å². The van der Waals surface area contributed by atoms with Crippen molar-refractivity contribution in [2.45, 2.75) is 11.8 Å². The van der Waals surface area contributed by atoms with Crippen molar-refractivity contribution >= 4 is 65.9 Å². The Morgan fingerprint density at radius 3 is 2.57 bits per heavy atom. The molecule has 5 aromatic rings. The van der Waals surface area contributed by atoms with Crippen LogP contribution in [-0.4, -0.2) is 73.6 Å². The molecule has 0 unspecified atom stereocenters. The number of halogens is 1. The number of piperazine rings is 1. The molecule has 3 heterocycles. The zero-order valence-electron chi connectivity index (χ0n) is 24.3. The summed E-state index contributed by atoms with van der Waals surface area (Å²) in [5.41, 5.74) is 0.625.